The number of hydrogen-bond donors (Lipinski definition) is 1. The second-order valence-electron chi connectivity index (χ2n) is 8.11. The van der Waals surface area contributed by atoms with Crippen LogP contribution in [0.15, 0.2) is 66.7 Å². The Morgan fingerprint density at radius 2 is 1.77 bits per heavy atom. The van der Waals surface area contributed by atoms with E-state index in [1.807, 2.05) is 53.2 Å². The third kappa shape index (κ3) is 4.96. The van der Waals surface area contributed by atoms with Gasteiger partial charge in [0.2, 0.25) is 0 Å². The van der Waals surface area contributed by atoms with Crippen molar-refractivity contribution in [2.45, 2.75) is 19.9 Å². The molecule has 5 rings (SSSR count). The number of rotatable bonds is 7. The lowest BCUT2D eigenvalue weighted by Crippen LogP contribution is -2.17. The van der Waals surface area contributed by atoms with Crippen molar-refractivity contribution >= 4 is 28.5 Å². The largest absolute Gasteiger partial charge is 0.486 e. The van der Waals surface area contributed by atoms with E-state index in [-0.39, 0.29) is 18.3 Å². The van der Waals surface area contributed by atoms with Gasteiger partial charge in [0.25, 0.3) is 5.91 Å². The highest BCUT2D eigenvalue weighted by molar-refractivity contribution is 6.04. The number of aromatic nitrogens is 2. The molecule has 1 aromatic heterocycles. The SMILES string of the molecule is CCOC(=O)Cc1nn(Cc2ccc(NC(=O)c3ccc4c(c3)OCCO4)cc2)c2ccccc12. The third-order valence-electron chi connectivity index (χ3n) is 5.70. The molecule has 3 aromatic carbocycles. The number of para-hydroxylation sites is 1. The molecule has 178 valence electrons. The smallest absolute Gasteiger partial charge is 0.311 e. The lowest BCUT2D eigenvalue weighted by atomic mass is 10.1. The fourth-order valence-electron chi connectivity index (χ4n) is 4.05. The lowest BCUT2D eigenvalue weighted by molar-refractivity contribution is -0.142. The first-order valence-electron chi connectivity index (χ1n) is 11.5. The van der Waals surface area contributed by atoms with E-state index in [0.29, 0.717) is 54.8 Å². The molecule has 0 atom stereocenters. The average molecular weight is 472 g/mol. The first-order valence-corrected chi connectivity index (χ1v) is 11.5. The molecule has 8 nitrogen and oxygen atoms in total. The van der Waals surface area contributed by atoms with Crippen molar-refractivity contribution in [2.75, 3.05) is 25.1 Å². The van der Waals surface area contributed by atoms with Crippen molar-refractivity contribution in [3.8, 4) is 11.5 Å². The molecule has 4 aromatic rings. The van der Waals surface area contributed by atoms with Gasteiger partial charge in [-0.2, -0.15) is 5.10 Å². The second kappa shape index (κ2) is 9.89. The summed E-state index contributed by atoms with van der Waals surface area (Å²) in [7, 11) is 0. The molecule has 0 bridgehead atoms. The van der Waals surface area contributed by atoms with Crippen molar-refractivity contribution < 1.29 is 23.8 Å². The van der Waals surface area contributed by atoms with Gasteiger partial charge in [-0.3, -0.25) is 14.3 Å². The zero-order valence-electron chi connectivity index (χ0n) is 19.3. The molecular weight excluding hydrogens is 446 g/mol. The Balaban J connectivity index is 1.29. The van der Waals surface area contributed by atoms with Crippen molar-refractivity contribution in [2.24, 2.45) is 0 Å². The summed E-state index contributed by atoms with van der Waals surface area (Å²) < 4.78 is 18.0. The van der Waals surface area contributed by atoms with Gasteiger partial charge >= 0.3 is 5.97 Å². The van der Waals surface area contributed by atoms with Crippen LogP contribution in [0, 0.1) is 0 Å². The van der Waals surface area contributed by atoms with E-state index in [9.17, 15) is 9.59 Å². The molecule has 0 saturated heterocycles. The van der Waals surface area contributed by atoms with E-state index in [2.05, 4.69) is 10.4 Å². The van der Waals surface area contributed by atoms with E-state index in [1.54, 1.807) is 25.1 Å². The summed E-state index contributed by atoms with van der Waals surface area (Å²) in [5.74, 6) is 0.708. The van der Waals surface area contributed by atoms with Gasteiger partial charge in [0.1, 0.15) is 13.2 Å². The first kappa shape index (κ1) is 22.5. The van der Waals surface area contributed by atoms with Crippen LogP contribution in [0.2, 0.25) is 0 Å². The van der Waals surface area contributed by atoms with Gasteiger partial charge in [-0.1, -0.05) is 30.3 Å². The summed E-state index contributed by atoms with van der Waals surface area (Å²) in [4.78, 5) is 24.7. The number of fused-ring (bicyclic) bond motifs is 2. The van der Waals surface area contributed by atoms with Crippen LogP contribution >= 0.6 is 0 Å². The van der Waals surface area contributed by atoms with Gasteiger partial charge < -0.3 is 19.5 Å². The number of nitrogens with one attached hydrogen (secondary N) is 1. The Hall–Kier alpha value is -4.33. The average Bonchev–Trinajstić information content (AvgIpc) is 3.22. The Morgan fingerprint density at radius 3 is 2.57 bits per heavy atom. The van der Waals surface area contributed by atoms with Gasteiger partial charge in [-0.25, -0.2) is 0 Å². The summed E-state index contributed by atoms with van der Waals surface area (Å²) >= 11 is 0. The number of benzene rings is 3. The minimum absolute atomic E-state index is 0.131. The van der Waals surface area contributed by atoms with Crippen LogP contribution in [0.1, 0.15) is 28.5 Å². The zero-order valence-corrected chi connectivity index (χ0v) is 19.3. The van der Waals surface area contributed by atoms with Gasteiger partial charge in [-0.15, -0.1) is 0 Å². The highest BCUT2D eigenvalue weighted by Crippen LogP contribution is 2.31. The number of nitrogens with zero attached hydrogens (tertiary/aromatic N) is 2. The molecular formula is C27H25N3O5. The monoisotopic (exact) mass is 471 g/mol. The Morgan fingerprint density at radius 1 is 1.00 bits per heavy atom. The molecule has 0 saturated carbocycles. The van der Waals surface area contributed by atoms with E-state index in [0.717, 1.165) is 16.5 Å². The van der Waals surface area contributed by atoms with Crippen molar-refractivity contribution in [1.82, 2.24) is 9.78 Å². The Labute approximate surface area is 202 Å². The summed E-state index contributed by atoms with van der Waals surface area (Å²) in [6, 6.07) is 20.6. The van der Waals surface area contributed by atoms with Crippen LogP contribution in [-0.2, 0) is 22.5 Å². The number of anilines is 1. The molecule has 2 heterocycles. The number of amides is 1. The zero-order chi connectivity index (χ0) is 24.2. The summed E-state index contributed by atoms with van der Waals surface area (Å²) in [6.07, 6.45) is 0.131. The Bertz CT molecular complexity index is 1380. The predicted molar refractivity (Wildman–Crippen MR) is 131 cm³/mol. The molecule has 1 aliphatic heterocycles. The number of esters is 1. The maximum Gasteiger partial charge on any atom is 0.311 e. The van der Waals surface area contributed by atoms with Crippen molar-refractivity contribution in [3.63, 3.8) is 0 Å². The van der Waals surface area contributed by atoms with Crippen LogP contribution < -0.4 is 14.8 Å². The molecule has 1 aliphatic rings. The van der Waals surface area contributed by atoms with E-state index < -0.39 is 0 Å². The maximum atomic E-state index is 12.7. The molecule has 1 amide bonds. The highest BCUT2D eigenvalue weighted by atomic mass is 16.6. The topological polar surface area (TPSA) is 91.7 Å². The number of carbonyl (C=O) groups excluding carboxylic acids is 2. The van der Waals surface area contributed by atoms with Gasteiger partial charge in [-0.05, 0) is 48.9 Å². The molecule has 0 radical (unpaired) electrons. The van der Waals surface area contributed by atoms with Gasteiger partial charge in [0.05, 0.1) is 30.8 Å². The first-order chi connectivity index (χ1) is 17.1. The third-order valence-corrected chi connectivity index (χ3v) is 5.70. The molecule has 8 heteroatoms. The number of ether oxygens (including phenoxy) is 3. The van der Waals surface area contributed by atoms with Crippen LogP contribution in [0.4, 0.5) is 5.69 Å². The summed E-state index contributed by atoms with van der Waals surface area (Å²) in [5.41, 5.74) is 3.83. The molecule has 1 N–H and O–H groups in total. The number of carbonyl (C=O) groups is 2. The lowest BCUT2D eigenvalue weighted by Gasteiger charge is -2.18. The van der Waals surface area contributed by atoms with Crippen molar-refractivity contribution in [1.29, 1.82) is 0 Å². The van der Waals surface area contributed by atoms with Gasteiger partial charge in [0.15, 0.2) is 11.5 Å². The van der Waals surface area contributed by atoms with Crippen LogP contribution in [0.3, 0.4) is 0 Å². The minimum atomic E-state index is -0.291. The fourth-order valence-corrected chi connectivity index (χ4v) is 4.05. The predicted octanol–water partition coefficient (Wildman–Crippen LogP) is 4.21. The second-order valence-corrected chi connectivity index (χ2v) is 8.11. The molecule has 0 unspecified atom stereocenters. The molecule has 0 fully saturated rings. The fraction of sp³-hybridized carbons (Fsp3) is 0.222. The quantitative estimate of drug-likeness (QED) is 0.406. The van der Waals surface area contributed by atoms with E-state index in [4.69, 9.17) is 14.2 Å². The maximum absolute atomic E-state index is 12.7. The van der Waals surface area contributed by atoms with Gasteiger partial charge in [0, 0.05) is 16.6 Å². The molecule has 0 aliphatic carbocycles. The van der Waals surface area contributed by atoms with Crippen molar-refractivity contribution in [3.05, 3.63) is 83.6 Å². The van der Waals surface area contributed by atoms with E-state index >= 15 is 0 Å². The normalized spacial score (nSPS) is 12.4. The summed E-state index contributed by atoms with van der Waals surface area (Å²) in [5, 5.41) is 8.52. The highest BCUT2D eigenvalue weighted by Gasteiger charge is 2.16. The Kier molecular flexibility index (Phi) is 6.34. The van der Waals surface area contributed by atoms with Crippen LogP contribution in [0.25, 0.3) is 10.9 Å². The van der Waals surface area contributed by atoms with Crippen LogP contribution in [-0.4, -0.2) is 41.5 Å². The molecule has 35 heavy (non-hydrogen) atoms. The number of hydrogen-bond acceptors (Lipinski definition) is 6. The minimum Gasteiger partial charge on any atom is -0.486 e. The molecule has 0 spiro atoms. The standard InChI is InChI=1S/C27H25N3O5/c1-2-33-26(31)16-22-21-5-3-4-6-23(21)30(29-22)17-18-7-10-20(11-8-18)28-27(32)19-9-12-24-25(15-19)35-14-13-34-24/h3-12,15H,2,13-14,16-17H2,1H3,(H,28,32). The summed E-state index contributed by atoms with van der Waals surface area (Å²) in [6.45, 7) is 3.63. The van der Waals surface area contributed by atoms with E-state index in [1.165, 1.54) is 0 Å². The van der Waals surface area contributed by atoms with Crippen LogP contribution in [0.5, 0.6) is 11.5 Å².